The van der Waals surface area contributed by atoms with Crippen LogP contribution in [0.2, 0.25) is 0 Å². The number of nitrogens with zero attached hydrogens (tertiary/aromatic N) is 2. The molecule has 1 amide bonds. The molecule has 0 saturated carbocycles. The van der Waals surface area contributed by atoms with Gasteiger partial charge in [0.05, 0.1) is 16.6 Å². The largest absolute Gasteiger partial charge is 0.366 e. The van der Waals surface area contributed by atoms with Gasteiger partial charge in [-0.1, -0.05) is 32.6 Å². The molecule has 4 aromatic rings. The van der Waals surface area contributed by atoms with Crippen molar-refractivity contribution in [3.05, 3.63) is 110 Å². The summed E-state index contributed by atoms with van der Waals surface area (Å²) in [6.07, 6.45) is 8.54. The molecule has 40 heavy (non-hydrogen) atoms. The van der Waals surface area contributed by atoms with E-state index in [1.807, 2.05) is 0 Å². The summed E-state index contributed by atoms with van der Waals surface area (Å²) in [7, 11) is 0. The maximum Gasteiger partial charge on any atom is 0.340 e. The number of aryl methyl sites for hydroxylation is 1. The Bertz CT molecular complexity index is 1890. The first-order valence-electron chi connectivity index (χ1n) is 13.1. The van der Waals surface area contributed by atoms with Gasteiger partial charge in [0.25, 0.3) is 11.5 Å². The molecule has 1 atom stereocenters. The first-order valence-corrected chi connectivity index (χ1v) is 13.1. The second-order valence-corrected chi connectivity index (χ2v) is 10.6. The molecule has 3 heterocycles. The van der Waals surface area contributed by atoms with Gasteiger partial charge in [0, 0.05) is 34.6 Å². The van der Waals surface area contributed by atoms with Gasteiger partial charge in [0.1, 0.15) is 11.6 Å². The minimum Gasteiger partial charge on any atom is -0.366 e. The van der Waals surface area contributed by atoms with Crippen LogP contribution in [0.1, 0.15) is 54.4 Å². The number of aromatic amines is 1. The van der Waals surface area contributed by atoms with Crippen molar-refractivity contribution in [2.45, 2.75) is 40.0 Å². The number of nitrogens with two attached hydrogens (primary N) is 1. The number of allylic oxidation sites excluding steroid dienone is 5. The zero-order chi connectivity index (χ0) is 28.9. The number of primary amides is 1. The van der Waals surface area contributed by atoms with Gasteiger partial charge in [-0.2, -0.15) is 0 Å². The van der Waals surface area contributed by atoms with Crippen LogP contribution in [0.3, 0.4) is 0 Å². The lowest BCUT2D eigenvalue weighted by molar-refractivity contribution is 0.100. The van der Waals surface area contributed by atoms with Crippen LogP contribution in [0.15, 0.2) is 64.9 Å². The molecule has 9 heteroatoms. The zero-order valence-corrected chi connectivity index (χ0v) is 22.6. The molecule has 5 rings (SSSR count). The average molecular weight is 545 g/mol. The van der Waals surface area contributed by atoms with Crippen LogP contribution in [0, 0.1) is 23.5 Å². The molecule has 0 bridgehead atoms. The van der Waals surface area contributed by atoms with Gasteiger partial charge in [0.2, 0.25) is 0 Å². The van der Waals surface area contributed by atoms with Gasteiger partial charge in [-0.25, -0.2) is 18.1 Å². The highest BCUT2D eigenvalue weighted by Crippen LogP contribution is 2.40. The Morgan fingerprint density at radius 2 is 1.98 bits per heavy atom. The van der Waals surface area contributed by atoms with Crippen molar-refractivity contribution in [3.8, 4) is 0 Å². The maximum atomic E-state index is 15.6. The zero-order valence-electron chi connectivity index (χ0n) is 22.6. The smallest absolute Gasteiger partial charge is 0.340 e. The lowest BCUT2D eigenvalue weighted by Crippen LogP contribution is -2.36. The molecule has 3 aromatic heterocycles. The van der Waals surface area contributed by atoms with E-state index in [0.717, 1.165) is 57.7 Å². The Morgan fingerprint density at radius 3 is 2.67 bits per heavy atom. The summed E-state index contributed by atoms with van der Waals surface area (Å²) in [6.45, 7) is 9.94. The van der Waals surface area contributed by atoms with Crippen molar-refractivity contribution in [1.82, 2.24) is 14.0 Å². The van der Waals surface area contributed by atoms with Crippen LogP contribution in [-0.2, 0) is 12.8 Å². The van der Waals surface area contributed by atoms with Crippen molar-refractivity contribution in [2.24, 2.45) is 17.6 Å². The maximum absolute atomic E-state index is 15.6. The van der Waals surface area contributed by atoms with Gasteiger partial charge >= 0.3 is 5.69 Å². The number of pyridine rings is 1. The van der Waals surface area contributed by atoms with Crippen molar-refractivity contribution in [1.29, 1.82) is 0 Å². The van der Waals surface area contributed by atoms with E-state index >= 15 is 4.39 Å². The van der Waals surface area contributed by atoms with Crippen LogP contribution in [0.25, 0.3) is 27.7 Å². The molecule has 206 valence electrons. The lowest BCUT2D eigenvalue weighted by Gasteiger charge is -2.25. The Balaban J connectivity index is 1.56. The van der Waals surface area contributed by atoms with E-state index < -0.39 is 28.8 Å². The fraction of sp³-hybridized carbons (Fsp3) is 0.258. The van der Waals surface area contributed by atoms with Crippen molar-refractivity contribution >= 4 is 33.6 Å². The predicted molar refractivity (Wildman–Crippen MR) is 153 cm³/mol. The first kappa shape index (κ1) is 27.1. The van der Waals surface area contributed by atoms with E-state index in [1.165, 1.54) is 18.3 Å². The molecule has 0 aliphatic heterocycles. The van der Waals surface area contributed by atoms with Gasteiger partial charge in [-0.05, 0) is 73.4 Å². The van der Waals surface area contributed by atoms with Gasteiger partial charge in [0.15, 0.2) is 0 Å². The molecule has 7 nitrogen and oxygen atoms in total. The number of fused-ring (bicyclic) bond motifs is 4. The molecule has 1 aliphatic carbocycles. The number of benzene rings is 1. The lowest BCUT2D eigenvalue weighted by atomic mass is 9.80. The highest BCUT2D eigenvalue weighted by atomic mass is 19.1. The quantitative estimate of drug-likeness (QED) is 0.326. The Kier molecular flexibility index (Phi) is 6.91. The summed E-state index contributed by atoms with van der Waals surface area (Å²) in [5.41, 5.74) is 7.61. The summed E-state index contributed by atoms with van der Waals surface area (Å²) < 4.78 is 31.5. The number of nitrogens with one attached hydrogen (secondary N) is 1. The minimum atomic E-state index is -0.759. The third-order valence-corrected chi connectivity index (χ3v) is 7.84. The normalized spacial score (nSPS) is 15.8. The fourth-order valence-electron chi connectivity index (χ4n) is 5.66. The molecule has 3 N–H and O–H groups in total. The first-order chi connectivity index (χ1) is 19.0. The van der Waals surface area contributed by atoms with Crippen LogP contribution in [-0.4, -0.2) is 19.9 Å². The highest BCUT2D eigenvalue weighted by molar-refractivity contribution is 6.09. The van der Waals surface area contributed by atoms with Crippen LogP contribution in [0.5, 0.6) is 0 Å². The second-order valence-electron chi connectivity index (χ2n) is 10.6. The third-order valence-electron chi connectivity index (χ3n) is 7.84. The van der Waals surface area contributed by atoms with Gasteiger partial charge in [-0.15, -0.1) is 0 Å². The summed E-state index contributed by atoms with van der Waals surface area (Å²) in [5.74, 6) is -0.991. The van der Waals surface area contributed by atoms with Crippen molar-refractivity contribution in [2.75, 3.05) is 0 Å². The van der Waals surface area contributed by atoms with E-state index in [1.54, 1.807) is 19.1 Å². The SMILES string of the molecule is C=C(/C=C\C=C(/C)c1c(F)cc(C(N)=O)c2[nH]c3c(c12)CCC(C(C)C)C3)n1c(=O)cc2c(F)cccn2c1=O. The topological polar surface area (TPSA) is 102 Å². The number of halogens is 2. The minimum absolute atomic E-state index is 0.0613. The molecular formula is C31H30F2N4O3. The number of carbonyl (C=O) groups excluding carboxylic acids is 1. The molecule has 0 fully saturated rings. The van der Waals surface area contributed by atoms with E-state index in [4.69, 9.17) is 5.73 Å². The number of aromatic nitrogens is 3. The standard InChI is InChI=1S/C31H30F2N4O3/c1-16(2)19-10-11-20-24(13-19)35-29-21(30(34)39)14-23(33)27(28(20)29)17(3)7-5-8-18(4)37-26(38)15-25-22(32)9-6-12-36(25)31(37)40/h5-9,12,14-16,19,35H,4,10-11,13H2,1-3H3,(H2,34,39)/b8-5-,17-7+. The number of carbonyl (C=O) groups is 1. The molecule has 0 saturated heterocycles. The van der Waals surface area contributed by atoms with E-state index in [9.17, 15) is 18.8 Å². The van der Waals surface area contributed by atoms with E-state index in [2.05, 4.69) is 25.4 Å². The average Bonchev–Trinajstić information content (AvgIpc) is 3.27. The summed E-state index contributed by atoms with van der Waals surface area (Å²) in [4.78, 5) is 41.0. The highest BCUT2D eigenvalue weighted by Gasteiger charge is 2.28. The van der Waals surface area contributed by atoms with E-state index in [0.29, 0.717) is 33.9 Å². The molecule has 0 spiro atoms. The van der Waals surface area contributed by atoms with E-state index in [-0.39, 0.29) is 16.8 Å². The summed E-state index contributed by atoms with van der Waals surface area (Å²) in [5, 5.41) is 0.651. The van der Waals surface area contributed by atoms with Crippen LogP contribution in [0.4, 0.5) is 8.78 Å². The molecular weight excluding hydrogens is 514 g/mol. The number of hydrogen-bond donors (Lipinski definition) is 2. The molecule has 0 radical (unpaired) electrons. The Hall–Kier alpha value is -4.53. The number of H-pyrrole nitrogens is 1. The van der Waals surface area contributed by atoms with Crippen molar-refractivity contribution < 1.29 is 13.6 Å². The second kappa shape index (κ2) is 10.2. The Labute approximate surface area is 228 Å². The predicted octanol–water partition coefficient (Wildman–Crippen LogP) is 5.21. The van der Waals surface area contributed by atoms with Crippen molar-refractivity contribution in [3.63, 3.8) is 0 Å². The third kappa shape index (κ3) is 4.51. The Morgan fingerprint density at radius 1 is 1.23 bits per heavy atom. The fourth-order valence-corrected chi connectivity index (χ4v) is 5.66. The van der Waals surface area contributed by atoms with Crippen LogP contribution >= 0.6 is 0 Å². The summed E-state index contributed by atoms with van der Waals surface area (Å²) in [6, 6.07) is 4.72. The van der Waals surface area contributed by atoms with Gasteiger partial charge in [-0.3, -0.25) is 14.0 Å². The van der Waals surface area contributed by atoms with Gasteiger partial charge < -0.3 is 10.7 Å². The number of hydrogen-bond acceptors (Lipinski definition) is 3. The monoisotopic (exact) mass is 544 g/mol. The summed E-state index contributed by atoms with van der Waals surface area (Å²) >= 11 is 0. The molecule has 1 aromatic carbocycles. The molecule has 1 aliphatic rings. The number of rotatable bonds is 6. The van der Waals surface area contributed by atoms with Crippen LogP contribution < -0.4 is 17.0 Å². The number of amides is 1. The molecule has 1 unspecified atom stereocenters.